The van der Waals surface area contributed by atoms with Crippen LogP contribution in [0.2, 0.25) is 0 Å². The summed E-state index contributed by atoms with van der Waals surface area (Å²) in [5.74, 6) is -0.304. The molecule has 0 saturated heterocycles. The lowest BCUT2D eigenvalue weighted by Gasteiger charge is -2.32. The molecule has 1 fully saturated rings. The van der Waals surface area contributed by atoms with Gasteiger partial charge in [0.15, 0.2) is 0 Å². The lowest BCUT2D eigenvalue weighted by atomic mass is 9.83. The third-order valence-electron chi connectivity index (χ3n) is 5.25. The molecule has 0 unspecified atom stereocenters. The zero-order valence-corrected chi connectivity index (χ0v) is 15.5. The fourth-order valence-corrected chi connectivity index (χ4v) is 3.30. The van der Waals surface area contributed by atoms with Crippen LogP contribution >= 0.6 is 0 Å². The smallest absolute Gasteiger partial charge is 0.331 e. The second-order valence-corrected chi connectivity index (χ2v) is 7.09. The van der Waals surface area contributed by atoms with E-state index < -0.39 is 11.5 Å². The number of allylic oxidation sites excluding steroid dienone is 1. The molecule has 1 aromatic rings. The van der Waals surface area contributed by atoms with Gasteiger partial charge < -0.3 is 10.1 Å². The highest BCUT2D eigenvalue weighted by Gasteiger charge is 2.40. The maximum absolute atomic E-state index is 12.5. The van der Waals surface area contributed by atoms with E-state index in [1.165, 1.54) is 39.2 Å². The maximum Gasteiger partial charge on any atom is 0.331 e. The number of hydrogen-bond acceptors (Lipinski definition) is 3. The highest BCUT2D eigenvalue weighted by atomic mass is 16.5. The molecular formula is C21H29NO3. The van der Waals surface area contributed by atoms with Crippen molar-refractivity contribution in [2.45, 2.75) is 51.5 Å². The Labute approximate surface area is 150 Å². The predicted molar refractivity (Wildman–Crippen MR) is 99.2 cm³/mol. The number of ether oxygens (including phenoxy) is 1. The summed E-state index contributed by atoms with van der Waals surface area (Å²) in [7, 11) is 1.35. The number of esters is 1. The van der Waals surface area contributed by atoms with Crippen molar-refractivity contribution in [1.29, 1.82) is 0 Å². The fraction of sp³-hybridized carbons (Fsp3) is 0.524. The van der Waals surface area contributed by atoms with Crippen molar-refractivity contribution >= 4 is 11.9 Å². The molecule has 2 atom stereocenters. The molecule has 0 bridgehead atoms. The summed E-state index contributed by atoms with van der Waals surface area (Å²) in [6.45, 7) is 3.68. The van der Waals surface area contributed by atoms with Crippen LogP contribution in [0.25, 0.3) is 0 Å². The molecule has 0 radical (unpaired) electrons. The van der Waals surface area contributed by atoms with Gasteiger partial charge >= 0.3 is 5.97 Å². The van der Waals surface area contributed by atoms with E-state index in [9.17, 15) is 9.59 Å². The topological polar surface area (TPSA) is 55.4 Å². The largest absolute Gasteiger partial charge is 0.467 e. The van der Waals surface area contributed by atoms with Crippen LogP contribution in [0.15, 0.2) is 42.5 Å². The van der Waals surface area contributed by atoms with Gasteiger partial charge in [-0.1, -0.05) is 56.5 Å². The van der Waals surface area contributed by atoms with E-state index >= 15 is 0 Å². The predicted octanol–water partition coefficient (Wildman–Crippen LogP) is 4.12. The first-order valence-corrected chi connectivity index (χ1v) is 9.11. The number of carbonyl (C=O) groups excluding carboxylic acids is 2. The van der Waals surface area contributed by atoms with E-state index in [4.69, 9.17) is 4.74 Å². The van der Waals surface area contributed by atoms with E-state index in [1.807, 2.05) is 13.0 Å². The van der Waals surface area contributed by atoms with Crippen molar-refractivity contribution in [3.63, 3.8) is 0 Å². The van der Waals surface area contributed by atoms with Gasteiger partial charge in [-0.3, -0.25) is 4.79 Å². The molecule has 1 aromatic carbocycles. The quantitative estimate of drug-likeness (QED) is 0.624. The second-order valence-electron chi connectivity index (χ2n) is 7.09. The summed E-state index contributed by atoms with van der Waals surface area (Å²) in [6, 6.07) is 8.92. The van der Waals surface area contributed by atoms with E-state index in [-0.39, 0.29) is 11.8 Å². The van der Waals surface area contributed by atoms with Crippen LogP contribution in [0.5, 0.6) is 0 Å². The fourth-order valence-electron chi connectivity index (χ4n) is 3.30. The van der Waals surface area contributed by atoms with Crippen LogP contribution in [0.3, 0.4) is 0 Å². The Bertz CT molecular complexity index is 605. The molecule has 1 aliphatic carbocycles. The van der Waals surface area contributed by atoms with Crippen molar-refractivity contribution < 1.29 is 14.3 Å². The van der Waals surface area contributed by atoms with Gasteiger partial charge in [-0.15, -0.1) is 0 Å². The summed E-state index contributed by atoms with van der Waals surface area (Å²) < 4.78 is 4.98. The summed E-state index contributed by atoms with van der Waals surface area (Å²) in [6.07, 6.45) is 10.5. The Kier molecular flexibility index (Phi) is 6.80. The van der Waals surface area contributed by atoms with Gasteiger partial charge in [0.1, 0.15) is 5.54 Å². The Morgan fingerprint density at radius 1 is 1.20 bits per heavy atom. The number of methoxy groups -OCH3 is 1. The van der Waals surface area contributed by atoms with Crippen molar-refractivity contribution in [2.24, 2.45) is 11.8 Å². The standard InChI is InChI=1S/C21H29NO3/c1-16(14-15-17-10-6-4-7-11-17)21(2,20(24)25-3)22-19(23)18-12-8-5-9-13-18/h5,8-9,12-17H,4,6-7,10-11H2,1-3H3,(H,22,23)/b15-14+/t16-,21+/m0/s1. The van der Waals surface area contributed by atoms with Crippen molar-refractivity contribution in [2.75, 3.05) is 7.11 Å². The van der Waals surface area contributed by atoms with Gasteiger partial charge in [-0.25, -0.2) is 4.79 Å². The van der Waals surface area contributed by atoms with Crippen LogP contribution in [-0.2, 0) is 9.53 Å². The zero-order valence-electron chi connectivity index (χ0n) is 15.5. The van der Waals surface area contributed by atoms with Gasteiger partial charge in [0.25, 0.3) is 5.91 Å². The summed E-state index contributed by atoms with van der Waals surface area (Å²) in [4.78, 5) is 25.0. The Morgan fingerprint density at radius 2 is 1.84 bits per heavy atom. The van der Waals surface area contributed by atoms with Crippen molar-refractivity contribution in [3.05, 3.63) is 48.0 Å². The van der Waals surface area contributed by atoms with Crippen LogP contribution in [-0.4, -0.2) is 24.5 Å². The van der Waals surface area contributed by atoms with Gasteiger partial charge in [-0.05, 0) is 37.8 Å². The first kappa shape index (κ1) is 19.2. The minimum Gasteiger partial charge on any atom is -0.467 e. The van der Waals surface area contributed by atoms with Gasteiger partial charge in [0, 0.05) is 11.5 Å². The van der Waals surface area contributed by atoms with E-state index in [0.29, 0.717) is 11.5 Å². The second kappa shape index (κ2) is 8.84. The number of amides is 1. The van der Waals surface area contributed by atoms with Gasteiger partial charge in [0.2, 0.25) is 0 Å². The first-order valence-electron chi connectivity index (χ1n) is 9.11. The summed E-state index contributed by atoms with van der Waals surface area (Å²) in [5, 5.41) is 2.88. The number of rotatable bonds is 6. The molecule has 25 heavy (non-hydrogen) atoms. The monoisotopic (exact) mass is 343 g/mol. The van der Waals surface area contributed by atoms with Crippen LogP contribution in [0.4, 0.5) is 0 Å². The molecule has 4 nitrogen and oxygen atoms in total. The first-order chi connectivity index (χ1) is 12.0. The molecular weight excluding hydrogens is 314 g/mol. The number of hydrogen-bond donors (Lipinski definition) is 1. The van der Waals surface area contributed by atoms with Crippen LogP contribution < -0.4 is 5.32 Å². The lowest BCUT2D eigenvalue weighted by Crippen LogP contribution is -2.56. The third-order valence-corrected chi connectivity index (χ3v) is 5.25. The SMILES string of the molecule is COC(=O)[C@](C)(NC(=O)c1ccccc1)[C@@H](C)/C=C/C1CCCCC1. The summed E-state index contributed by atoms with van der Waals surface area (Å²) >= 11 is 0. The van der Waals surface area contributed by atoms with Crippen molar-refractivity contribution in [3.8, 4) is 0 Å². The van der Waals surface area contributed by atoms with Crippen molar-refractivity contribution in [1.82, 2.24) is 5.32 Å². The average Bonchev–Trinajstić information content (AvgIpc) is 2.66. The minimum atomic E-state index is -1.10. The van der Waals surface area contributed by atoms with E-state index in [0.717, 1.165) is 0 Å². The number of nitrogens with one attached hydrogen (secondary N) is 1. The normalized spacial score (nSPS) is 19.2. The molecule has 1 N–H and O–H groups in total. The molecule has 1 amide bonds. The Hall–Kier alpha value is -2.10. The molecule has 0 heterocycles. The highest BCUT2D eigenvalue weighted by Crippen LogP contribution is 2.27. The maximum atomic E-state index is 12.5. The Balaban J connectivity index is 2.13. The number of benzene rings is 1. The van der Waals surface area contributed by atoms with Crippen LogP contribution in [0.1, 0.15) is 56.3 Å². The molecule has 0 aromatic heterocycles. The van der Waals surface area contributed by atoms with E-state index in [2.05, 4.69) is 17.5 Å². The van der Waals surface area contributed by atoms with Gasteiger partial charge in [-0.2, -0.15) is 0 Å². The zero-order chi connectivity index (χ0) is 18.3. The molecule has 2 rings (SSSR count). The molecule has 136 valence electrons. The highest BCUT2D eigenvalue weighted by molar-refractivity contribution is 5.98. The minimum absolute atomic E-state index is 0.172. The number of carbonyl (C=O) groups is 2. The third kappa shape index (κ3) is 4.94. The van der Waals surface area contributed by atoms with Crippen LogP contribution in [0, 0.1) is 11.8 Å². The Morgan fingerprint density at radius 3 is 2.44 bits per heavy atom. The molecule has 1 aliphatic rings. The average molecular weight is 343 g/mol. The molecule has 1 saturated carbocycles. The molecule has 0 aliphatic heterocycles. The lowest BCUT2D eigenvalue weighted by molar-refractivity contribution is -0.148. The van der Waals surface area contributed by atoms with E-state index in [1.54, 1.807) is 31.2 Å². The molecule has 4 heteroatoms. The van der Waals surface area contributed by atoms with Gasteiger partial charge in [0.05, 0.1) is 7.11 Å². The molecule has 0 spiro atoms. The summed E-state index contributed by atoms with van der Waals surface area (Å²) in [5.41, 5.74) is -0.576.